The normalized spacial score (nSPS) is 21.8. The SMILES string of the molecule is CCOC(=O)[C@H]1C[C@@H]1c1ccc(OCc2ccc3c(c2)-c2ccc(OCC4(O)CCS(=O)(=O)CC4)cc2CCC3)cc1. The molecule has 1 heterocycles. The van der Waals surface area contributed by atoms with Gasteiger partial charge in [-0.25, -0.2) is 8.42 Å². The summed E-state index contributed by atoms with van der Waals surface area (Å²) in [6.45, 7) is 2.79. The van der Waals surface area contributed by atoms with E-state index in [0.29, 0.717) is 19.0 Å². The van der Waals surface area contributed by atoms with E-state index in [-0.39, 0.29) is 48.8 Å². The predicted octanol–water partition coefficient (Wildman–Crippen LogP) is 5.41. The molecule has 3 aromatic carbocycles. The summed E-state index contributed by atoms with van der Waals surface area (Å²) in [4.78, 5) is 12.0. The topological polar surface area (TPSA) is 99.1 Å². The Kier molecular flexibility index (Phi) is 8.03. The molecule has 42 heavy (non-hydrogen) atoms. The zero-order valence-electron chi connectivity index (χ0n) is 24.0. The van der Waals surface area contributed by atoms with Gasteiger partial charge in [0.2, 0.25) is 0 Å². The summed E-state index contributed by atoms with van der Waals surface area (Å²) in [5.41, 5.74) is 6.04. The summed E-state index contributed by atoms with van der Waals surface area (Å²) in [5, 5.41) is 10.8. The second-order valence-corrected chi connectivity index (χ2v) is 14.2. The molecule has 1 saturated carbocycles. The average Bonchev–Trinajstić information content (AvgIpc) is 3.81. The van der Waals surface area contributed by atoms with Crippen LogP contribution in [0.25, 0.3) is 11.1 Å². The van der Waals surface area contributed by atoms with E-state index in [4.69, 9.17) is 14.2 Å². The zero-order chi connectivity index (χ0) is 29.3. The maximum Gasteiger partial charge on any atom is 0.309 e. The van der Waals surface area contributed by atoms with E-state index in [1.165, 1.54) is 22.3 Å². The van der Waals surface area contributed by atoms with E-state index in [9.17, 15) is 18.3 Å². The van der Waals surface area contributed by atoms with Crippen molar-refractivity contribution < 1.29 is 32.5 Å². The lowest BCUT2D eigenvalue weighted by Crippen LogP contribution is -2.43. The number of sulfone groups is 1. The van der Waals surface area contributed by atoms with Crippen molar-refractivity contribution in [3.05, 3.63) is 82.9 Å². The monoisotopic (exact) mass is 590 g/mol. The molecule has 0 bridgehead atoms. The fourth-order valence-corrected chi connectivity index (χ4v) is 7.70. The number of fused-ring (bicyclic) bond motifs is 3. The number of ether oxygens (including phenoxy) is 3. The van der Waals surface area contributed by atoms with Crippen LogP contribution in [0.4, 0.5) is 0 Å². The van der Waals surface area contributed by atoms with Crippen molar-refractivity contribution in [1.29, 1.82) is 0 Å². The predicted molar refractivity (Wildman–Crippen MR) is 160 cm³/mol. The van der Waals surface area contributed by atoms with Crippen LogP contribution >= 0.6 is 0 Å². The fraction of sp³-hybridized carbons (Fsp3) is 0.441. The molecule has 0 spiro atoms. The lowest BCUT2D eigenvalue weighted by Gasteiger charge is -2.31. The van der Waals surface area contributed by atoms with Crippen molar-refractivity contribution in [3.8, 4) is 22.6 Å². The number of carbonyl (C=O) groups is 1. The van der Waals surface area contributed by atoms with E-state index in [1.54, 1.807) is 0 Å². The summed E-state index contributed by atoms with van der Waals surface area (Å²) < 4.78 is 40.8. The van der Waals surface area contributed by atoms with Gasteiger partial charge in [0.15, 0.2) is 9.84 Å². The molecule has 7 nitrogen and oxygen atoms in total. The van der Waals surface area contributed by atoms with Crippen molar-refractivity contribution >= 4 is 15.8 Å². The van der Waals surface area contributed by atoms with Gasteiger partial charge in [0, 0.05) is 0 Å². The van der Waals surface area contributed by atoms with Gasteiger partial charge in [-0.15, -0.1) is 0 Å². The molecule has 0 unspecified atom stereocenters. The van der Waals surface area contributed by atoms with Crippen LogP contribution in [-0.4, -0.2) is 49.8 Å². The average molecular weight is 591 g/mol. The van der Waals surface area contributed by atoms with Crippen LogP contribution in [0.15, 0.2) is 60.7 Å². The van der Waals surface area contributed by atoms with Crippen molar-refractivity contribution in [2.45, 2.75) is 63.6 Å². The lowest BCUT2D eigenvalue weighted by molar-refractivity contribution is -0.144. The van der Waals surface area contributed by atoms with Crippen molar-refractivity contribution in [1.82, 2.24) is 0 Å². The third-order valence-corrected chi connectivity index (χ3v) is 10.4. The minimum atomic E-state index is -3.05. The van der Waals surface area contributed by atoms with Crippen molar-refractivity contribution in [2.75, 3.05) is 24.7 Å². The standard InChI is InChI=1S/C34H38O7S/c1-2-39-33(35)32-20-31(32)25-8-10-27(11-9-25)40-21-23-6-7-24-4-3-5-26-19-28(12-13-29(26)30(24)18-23)41-22-34(36)14-16-42(37,38)17-15-34/h6-13,18-19,31-32,36H,2-5,14-17,20-22H2,1H3/t31-,32+/m1/s1. The molecule has 222 valence electrons. The van der Waals surface area contributed by atoms with Crippen LogP contribution < -0.4 is 9.47 Å². The largest absolute Gasteiger partial charge is 0.491 e. The Bertz CT molecular complexity index is 1550. The molecule has 0 amide bonds. The smallest absolute Gasteiger partial charge is 0.309 e. The molecule has 3 aromatic rings. The van der Waals surface area contributed by atoms with Gasteiger partial charge >= 0.3 is 5.97 Å². The van der Waals surface area contributed by atoms with E-state index in [2.05, 4.69) is 30.3 Å². The molecule has 6 rings (SSSR count). The van der Waals surface area contributed by atoms with Gasteiger partial charge < -0.3 is 19.3 Å². The fourth-order valence-electron chi connectivity index (χ4n) is 6.11. The van der Waals surface area contributed by atoms with Gasteiger partial charge in [0.1, 0.15) is 30.3 Å². The highest BCUT2D eigenvalue weighted by atomic mass is 32.2. The quantitative estimate of drug-likeness (QED) is 0.333. The third-order valence-electron chi connectivity index (χ3n) is 8.79. The zero-order valence-corrected chi connectivity index (χ0v) is 24.8. The molecule has 1 saturated heterocycles. The van der Waals surface area contributed by atoms with Gasteiger partial charge in [0.05, 0.1) is 24.0 Å². The molecule has 0 aromatic heterocycles. The summed E-state index contributed by atoms with van der Waals surface area (Å²) in [5.74, 6) is 1.61. The number of carbonyl (C=O) groups excluding carboxylic acids is 1. The number of esters is 1. The molecule has 3 aliphatic rings. The van der Waals surface area contributed by atoms with Gasteiger partial charge in [-0.05, 0) is 115 Å². The first-order chi connectivity index (χ1) is 20.2. The van der Waals surface area contributed by atoms with Gasteiger partial charge in [-0.1, -0.05) is 30.3 Å². The summed E-state index contributed by atoms with van der Waals surface area (Å²) in [6, 6.07) is 20.7. The molecular formula is C34H38O7S. The number of hydrogen-bond acceptors (Lipinski definition) is 7. The Labute approximate surface area is 247 Å². The molecule has 8 heteroatoms. The van der Waals surface area contributed by atoms with Gasteiger partial charge in [-0.3, -0.25) is 4.79 Å². The Hall–Kier alpha value is -3.36. The first-order valence-corrected chi connectivity index (χ1v) is 16.7. The third kappa shape index (κ3) is 6.50. The van der Waals surface area contributed by atoms with Crippen LogP contribution in [0, 0.1) is 5.92 Å². The second kappa shape index (κ2) is 11.7. The van der Waals surface area contributed by atoms with E-state index in [0.717, 1.165) is 42.6 Å². The van der Waals surface area contributed by atoms with Crippen LogP contribution in [0.5, 0.6) is 11.5 Å². The molecule has 2 aliphatic carbocycles. The number of rotatable bonds is 9. The highest BCUT2D eigenvalue weighted by Gasteiger charge is 2.45. The number of aryl methyl sites for hydroxylation is 2. The van der Waals surface area contributed by atoms with Crippen molar-refractivity contribution in [3.63, 3.8) is 0 Å². The molecular weight excluding hydrogens is 552 g/mol. The maximum atomic E-state index is 12.0. The Morgan fingerprint density at radius 2 is 1.64 bits per heavy atom. The maximum absolute atomic E-state index is 12.0. The molecule has 2 atom stereocenters. The van der Waals surface area contributed by atoms with E-state index < -0.39 is 15.4 Å². The number of benzene rings is 3. The lowest BCUT2D eigenvalue weighted by atomic mass is 9.94. The Balaban J connectivity index is 1.10. The Morgan fingerprint density at radius 3 is 2.40 bits per heavy atom. The van der Waals surface area contributed by atoms with Crippen LogP contribution in [0.3, 0.4) is 0 Å². The summed E-state index contributed by atoms with van der Waals surface area (Å²) >= 11 is 0. The minimum Gasteiger partial charge on any atom is -0.491 e. The molecule has 1 N–H and O–H groups in total. The first kappa shape index (κ1) is 28.7. The van der Waals surface area contributed by atoms with Crippen LogP contribution in [0.1, 0.15) is 60.8 Å². The molecule has 0 radical (unpaired) electrons. The highest BCUT2D eigenvalue weighted by Crippen LogP contribution is 2.48. The van der Waals surface area contributed by atoms with E-state index in [1.807, 2.05) is 37.3 Å². The Morgan fingerprint density at radius 1 is 0.905 bits per heavy atom. The first-order valence-electron chi connectivity index (χ1n) is 14.9. The number of hydrogen-bond donors (Lipinski definition) is 1. The summed E-state index contributed by atoms with van der Waals surface area (Å²) in [6.07, 6.45) is 4.21. The van der Waals surface area contributed by atoms with Gasteiger partial charge in [0.25, 0.3) is 0 Å². The van der Waals surface area contributed by atoms with Gasteiger partial charge in [-0.2, -0.15) is 0 Å². The summed E-state index contributed by atoms with van der Waals surface area (Å²) in [7, 11) is -3.05. The molecule has 1 aliphatic heterocycles. The van der Waals surface area contributed by atoms with Crippen LogP contribution in [-0.2, 0) is 38.8 Å². The van der Waals surface area contributed by atoms with Crippen LogP contribution in [0.2, 0.25) is 0 Å². The second-order valence-electron chi connectivity index (χ2n) is 11.9. The highest BCUT2D eigenvalue weighted by molar-refractivity contribution is 7.91. The van der Waals surface area contributed by atoms with E-state index >= 15 is 0 Å². The minimum absolute atomic E-state index is 0.00317. The molecule has 2 fully saturated rings. The van der Waals surface area contributed by atoms with Crippen molar-refractivity contribution in [2.24, 2.45) is 5.92 Å². The number of aliphatic hydroxyl groups is 1.